The van der Waals surface area contributed by atoms with Gasteiger partial charge in [-0.05, 0) is 38.7 Å². The van der Waals surface area contributed by atoms with Gasteiger partial charge in [-0.2, -0.15) is 0 Å². The smallest absolute Gasteiger partial charge is 0.225 e. The van der Waals surface area contributed by atoms with Gasteiger partial charge in [-0.25, -0.2) is 0 Å². The zero-order chi connectivity index (χ0) is 17.7. The Morgan fingerprint density at radius 3 is 2.62 bits per heavy atom. The molecule has 0 aliphatic carbocycles. The Morgan fingerprint density at radius 1 is 1.38 bits per heavy atom. The van der Waals surface area contributed by atoms with E-state index in [0.717, 1.165) is 11.3 Å². The molecule has 6 heteroatoms. The van der Waals surface area contributed by atoms with Gasteiger partial charge in [0.15, 0.2) is 0 Å². The third-order valence-electron chi connectivity index (χ3n) is 4.57. The number of hydrogen-bond donors (Lipinski definition) is 1. The van der Waals surface area contributed by atoms with Crippen molar-refractivity contribution in [1.29, 1.82) is 0 Å². The molecular weight excluding hydrogens is 306 g/mol. The standard InChI is InChI=1S/C18H27N3O3/c1-13(20(2)3)10-19-18(23)15-9-17(22)21(12-15)11-14-5-7-16(24-4)8-6-14/h5-8,13,15H,9-12H2,1-4H3,(H,19,23)/t13-,15+/m0/s1. The van der Waals surface area contributed by atoms with Crippen molar-refractivity contribution in [3.63, 3.8) is 0 Å². The first-order valence-corrected chi connectivity index (χ1v) is 8.25. The number of ether oxygens (including phenoxy) is 1. The molecule has 2 amide bonds. The molecule has 24 heavy (non-hydrogen) atoms. The maximum Gasteiger partial charge on any atom is 0.225 e. The minimum absolute atomic E-state index is 0.0331. The Hall–Kier alpha value is -2.08. The van der Waals surface area contributed by atoms with Gasteiger partial charge in [0, 0.05) is 32.1 Å². The fourth-order valence-electron chi connectivity index (χ4n) is 2.63. The van der Waals surface area contributed by atoms with Gasteiger partial charge in [0.1, 0.15) is 5.75 Å². The Balaban J connectivity index is 1.86. The molecule has 1 fully saturated rings. The van der Waals surface area contributed by atoms with Crippen molar-refractivity contribution >= 4 is 11.8 Å². The summed E-state index contributed by atoms with van der Waals surface area (Å²) >= 11 is 0. The van der Waals surface area contributed by atoms with Crippen molar-refractivity contribution in [3.05, 3.63) is 29.8 Å². The number of methoxy groups -OCH3 is 1. The second-order valence-corrected chi connectivity index (χ2v) is 6.58. The van der Waals surface area contributed by atoms with Crippen molar-refractivity contribution in [2.24, 2.45) is 5.92 Å². The minimum atomic E-state index is -0.259. The third kappa shape index (κ3) is 4.71. The van der Waals surface area contributed by atoms with Crippen LogP contribution in [0.4, 0.5) is 0 Å². The number of carbonyl (C=O) groups excluding carboxylic acids is 2. The maximum absolute atomic E-state index is 12.3. The second kappa shape index (κ2) is 8.15. The van der Waals surface area contributed by atoms with Crippen LogP contribution in [0.15, 0.2) is 24.3 Å². The molecule has 6 nitrogen and oxygen atoms in total. The molecule has 1 aromatic carbocycles. The van der Waals surface area contributed by atoms with Crippen LogP contribution in [0, 0.1) is 5.92 Å². The van der Waals surface area contributed by atoms with Gasteiger partial charge in [-0.3, -0.25) is 9.59 Å². The zero-order valence-electron chi connectivity index (χ0n) is 14.9. The Labute approximate surface area is 143 Å². The highest BCUT2D eigenvalue weighted by atomic mass is 16.5. The first-order valence-electron chi connectivity index (χ1n) is 8.25. The Bertz CT molecular complexity index is 571. The summed E-state index contributed by atoms with van der Waals surface area (Å²) in [6, 6.07) is 7.91. The monoisotopic (exact) mass is 333 g/mol. The number of nitrogens with one attached hydrogen (secondary N) is 1. The number of benzene rings is 1. The van der Waals surface area contributed by atoms with Gasteiger partial charge in [0.05, 0.1) is 13.0 Å². The van der Waals surface area contributed by atoms with Crippen molar-refractivity contribution in [1.82, 2.24) is 15.1 Å². The summed E-state index contributed by atoms with van der Waals surface area (Å²) in [5, 5.41) is 2.95. The summed E-state index contributed by atoms with van der Waals surface area (Å²) < 4.78 is 5.13. The van der Waals surface area contributed by atoms with Crippen LogP contribution in [0.3, 0.4) is 0 Å². The SMILES string of the molecule is COc1ccc(CN2C[C@H](C(=O)NC[C@H](C)N(C)C)CC2=O)cc1. The van der Waals surface area contributed by atoms with Crippen LogP contribution >= 0.6 is 0 Å². The van der Waals surface area contributed by atoms with Crippen LogP contribution in [0.1, 0.15) is 18.9 Å². The summed E-state index contributed by atoms with van der Waals surface area (Å²) in [6.45, 7) is 3.65. The molecule has 0 bridgehead atoms. The van der Waals surface area contributed by atoms with Gasteiger partial charge in [-0.1, -0.05) is 12.1 Å². The normalized spacial score (nSPS) is 18.8. The summed E-state index contributed by atoms with van der Waals surface area (Å²) in [6.07, 6.45) is 0.290. The molecule has 1 heterocycles. The van der Waals surface area contributed by atoms with E-state index in [4.69, 9.17) is 4.74 Å². The number of likely N-dealkylation sites (N-methyl/N-ethyl adjacent to an activating group) is 1. The molecule has 1 saturated heterocycles. The molecule has 1 N–H and O–H groups in total. The van der Waals surface area contributed by atoms with Gasteiger partial charge < -0.3 is 19.9 Å². The number of hydrogen-bond acceptors (Lipinski definition) is 4. The van der Waals surface area contributed by atoms with Crippen LogP contribution in [-0.2, 0) is 16.1 Å². The van der Waals surface area contributed by atoms with E-state index in [1.54, 1.807) is 12.0 Å². The van der Waals surface area contributed by atoms with Gasteiger partial charge in [0.25, 0.3) is 0 Å². The zero-order valence-corrected chi connectivity index (χ0v) is 14.9. The van der Waals surface area contributed by atoms with E-state index in [1.165, 1.54) is 0 Å². The molecular formula is C18H27N3O3. The summed E-state index contributed by atoms with van der Waals surface area (Å²) in [5.74, 6) is 0.532. The van der Waals surface area contributed by atoms with Gasteiger partial charge >= 0.3 is 0 Å². The lowest BCUT2D eigenvalue weighted by Gasteiger charge is -2.21. The lowest BCUT2D eigenvalue weighted by atomic mass is 10.1. The van der Waals surface area contributed by atoms with Crippen LogP contribution in [0.25, 0.3) is 0 Å². The number of carbonyl (C=O) groups is 2. The van der Waals surface area contributed by atoms with Gasteiger partial charge in [-0.15, -0.1) is 0 Å². The molecule has 1 aliphatic rings. The lowest BCUT2D eigenvalue weighted by Crippen LogP contribution is -2.41. The van der Waals surface area contributed by atoms with E-state index in [-0.39, 0.29) is 23.8 Å². The molecule has 0 aromatic heterocycles. The summed E-state index contributed by atoms with van der Waals surface area (Å²) in [4.78, 5) is 28.3. The Kier molecular flexibility index (Phi) is 6.20. The van der Waals surface area contributed by atoms with E-state index >= 15 is 0 Å². The molecule has 0 saturated carbocycles. The molecule has 132 valence electrons. The molecule has 0 radical (unpaired) electrons. The largest absolute Gasteiger partial charge is 0.497 e. The number of amides is 2. The van der Waals surface area contributed by atoms with E-state index in [9.17, 15) is 9.59 Å². The van der Waals surface area contributed by atoms with E-state index < -0.39 is 0 Å². The van der Waals surface area contributed by atoms with Crippen molar-refractivity contribution in [2.45, 2.75) is 25.9 Å². The topological polar surface area (TPSA) is 61.9 Å². The summed E-state index contributed by atoms with van der Waals surface area (Å²) in [5.41, 5.74) is 1.03. The lowest BCUT2D eigenvalue weighted by molar-refractivity contribution is -0.129. The molecule has 0 unspecified atom stereocenters. The number of likely N-dealkylation sites (tertiary alicyclic amines) is 1. The first-order chi connectivity index (χ1) is 11.4. The third-order valence-corrected chi connectivity index (χ3v) is 4.57. The fourth-order valence-corrected chi connectivity index (χ4v) is 2.63. The van der Waals surface area contributed by atoms with Crippen LogP contribution in [0.5, 0.6) is 5.75 Å². The molecule has 2 rings (SSSR count). The van der Waals surface area contributed by atoms with E-state index in [1.807, 2.05) is 38.4 Å². The van der Waals surface area contributed by atoms with Crippen LogP contribution < -0.4 is 10.1 Å². The molecule has 2 atom stereocenters. The summed E-state index contributed by atoms with van der Waals surface area (Å²) in [7, 11) is 5.58. The highest BCUT2D eigenvalue weighted by Crippen LogP contribution is 2.21. The number of rotatable bonds is 7. The van der Waals surface area contributed by atoms with Crippen molar-refractivity contribution < 1.29 is 14.3 Å². The average Bonchev–Trinajstić information content (AvgIpc) is 2.93. The maximum atomic E-state index is 12.3. The second-order valence-electron chi connectivity index (χ2n) is 6.58. The first kappa shape index (κ1) is 18.3. The quantitative estimate of drug-likeness (QED) is 0.812. The number of nitrogens with zero attached hydrogens (tertiary/aromatic N) is 2. The minimum Gasteiger partial charge on any atom is -0.497 e. The highest BCUT2D eigenvalue weighted by molar-refractivity contribution is 5.89. The molecule has 0 spiro atoms. The van der Waals surface area contributed by atoms with E-state index in [0.29, 0.717) is 26.1 Å². The van der Waals surface area contributed by atoms with Crippen molar-refractivity contribution in [2.75, 3.05) is 34.3 Å². The average molecular weight is 333 g/mol. The fraction of sp³-hybridized carbons (Fsp3) is 0.556. The molecule has 1 aliphatic heterocycles. The predicted molar refractivity (Wildman–Crippen MR) is 92.7 cm³/mol. The Morgan fingerprint density at radius 2 is 2.04 bits per heavy atom. The molecule has 1 aromatic rings. The highest BCUT2D eigenvalue weighted by Gasteiger charge is 2.34. The van der Waals surface area contributed by atoms with Gasteiger partial charge in [0.2, 0.25) is 11.8 Å². The van der Waals surface area contributed by atoms with Crippen LogP contribution in [-0.4, -0.2) is 62.0 Å². The van der Waals surface area contributed by atoms with Crippen molar-refractivity contribution in [3.8, 4) is 5.75 Å². The predicted octanol–water partition coefficient (Wildman–Crippen LogP) is 1.11. The van der Waals surface area contributed by atoms with Crippen LogP contribution in [0.2, 0.25) is 0 Å². The van der Waals surface area contributed by atoms with E-state index in [2.05, 4.69) is 17.1 Å².